The number of para-hydroxylation sites is 1. The number of hydrogen-bond donors (Lipinski definition) is 1. The lowest BCUT2D eigenvalue weighted by Gasteiger charge is -2.32. The molecule has 0 saturated heterocycles. The van der Waals surface area contributed by atoms with Gasteiger partial charge < -0.3 is 15.0 Å². The maximum absolute atomic E-state index is 13.9. The Balaban J connectivity index is 2.04. The van der Waals surface area contributed by atoms with E-state index in [9.17, 15) is 18.0 Å². The first-order chi connectivity index (χ1) is 18.4. The normalized spacial score (nSPS) is 12.1. The van der Waals surface area contributed by atoms with Crippen molar-refractivity contribution in [2.24, 2.45) is 0 Å². The summed E-state index contributed by atoms with van der Waals surface area (Å²) in [4.78, 5) is 28.1. The first-order valence-corrected chi connectivity index (χ1v) is 14.4. The summed E-state index contributed by atoms with van der Waals surface area (Å²) in [6.45, 7) is 4.51. The smallest absolute Gasteiger partial charge is 0.264 e. The van der Waals surface area contributed by atoms with Crippen molar-refractivity contribution in [3.63, 3.8) is 0 Å². The Morgan fingerprint density at radius 2 is 1.49 bits per heavy atom. The molecule has 0 aromatic heterocycles. The number of amides is 2. The molecule has 3 aromatic carbocycles. The van der Waals surface area contributed by atoms with E-state index >= 15 is 0 Å². The number of ether oxygens (including phenoxy) is 1. The minimum Gasteiger partial charge on any atom is -0.497 e. The summed E-state index contributed by atoms with van der Waals surface area (Å²) < 4.78 is 33.8. The summed E-state index contributed by atoms with van der Waals surface area (Å²) in [5, 5.41) is 3.45. The van der Waals surface area contributed by atoms with Gasteiger partial charge >= 0.3 is 0 Å². The fourth-order valence-corrected chi connectivity index (χ4v) is 5.77. The number of sulfonamides is 1. The molecule has 0 bridgehead atoms. The predicted molar refractivity (Wildman–Crippen MR) is 154 cm³/mol. The average Bonchev–Trinajstić information content (AvgIpc) is 2.91. The molecule has 11 heteroatoms. The van der Waals surface area contributed by atoms with Crippen LogP contribution in [0.2, 0.25) is 10.0 Å². The molecule has 208 valence electrons. The Morgan fingerprint density at radius 3 is 2.03 bits per heavy atom. The van der Waals surface area contributed by atoms with Crippen molar-refractivity contribution in [2.75, 3.05) is 18.0 Å². The quantitative estimate of drug-likeness (QED) is 0.333. The summed E-state index contributed by atoms with van der Waals surface area (Å²) in [5.74, 6) is -0.520. The molecule has 0 fully saturated rings. The van der Waals surface area contributed by atoms with Gasteiger partial charge in [-0.3, -0.25) is 13.9 Å². The molecule has 0 spiro atoms. The molecule has 0 radical (unpaired) electrons. The number of rotatable bonds is 11. The number of methoxy groups -OCH3 is 1. The van der Waals surface area contributed by atoms with Crippen LogP contribution in [0.4, 0.5) is 5.69 Å². The Labute approximate surface area is 239 Å². The molecule has 1 atom stereocenters. The zero-order chi connectivity index (χ0) is 28.7. The lowest BCUT2D eigenvalue weighted by molar-refractivity contribution is -0.139. The fraction of sp³-hybridized carbons (Fsp3) is 0.286. The lowest BCUT2D eigenvalue weighted by Crippen LogP contribution is -2.52. The molecule has 0 unspecified atom stereocenters. The Hall–Kier alpha value is -3.27. The van der Waals surface area contributed by atoms with Gasteiger partial charge in [0.2, 0.25) is 11.8 Å². The zero-order valence-electron chi connectivity index (χ0n) is 22.1. The lowest BCUT2D eigenvalue weighted by atomic mass is 10.1. The summed E-state index contributed by atoms with van der Waals surface area (Å²) in [6.07, 6.45) is 0. The van der Waals surface area contributed by atoms with E-state index in [1.807, 2.05) is 0 Å². The van der Waals surface area contributed by atoms with Gasteiger partial charge in [-0.1, -0.05) is 47.5 Å². The van der Waals surface area contributed by atoms with Crippen molar-refractivity contribution in [3.8, 4) is 5.75 Å². The molecule has 0 heterocycles. The number of carbonyl (C=O) groups excluding carboxylic acids is 2. The van der Waals surface area contributed by atoms with Crippen molar-refractivity contribution >= 4 is 50.7 Å². The van der Waals surface area contributed by atoms with Gasteiger partial charge in [0.05, 0.1) is 17.7 Å². The molecule has 0 aliphatic rings. The Kier molecular flexibility index (Phi) is 10.2. The number of hydrogen-bond acceptors (Lipinski definition) is 5. The minimum atomic E-state index is -4.18. The van der Waals surface area contributed by atoms with Crippen LogP contribution in [0, 0.1) is 0 Å². The number of benzene rings is 3. The third-order valence-corrected chi connectivity index (χ3v) is 8.46. The number of carbonyl (C=O) groups is 2. The third-order valence-electron chi connectivity index (χ3n) is 5.96. The summed E-state index contributed by atoms with van der Waals surface area (Å²) in [5.41, 5.74) is 0.735. The van der Waals surface area contributed by atoms with Crippen molar-refractivity contribution in [3.05, 3.63) is 88.4 Å². The van der Waals surface area contributed by atoms with Crippen molar-refractivity contribution < 1.29 is 22.7 Å². The van der Waals surface area contributed by atoms with Crippen molar-refractivity contribution in [1.29, 1.82) is 0 Å². The van der Waals surface area contributed by atoms with Gasteiger partial charge in [-0.2, -0.15) is 0 Å². The SMILES string of the molecule is COc1ccc(S(=O)(=O)N(CC(=O)N(Cc2c(Cl)cccc2Cl)[C@H](C)C(=O)NC(C)C)c2ccccc2)cc1. The molecule has 1 N–H and O–H groups in total. The molecule has 3 rings (SSSR count). The largest absolute Gasteiger partial charge is 0.497 e. The average molecular weight is 593 g/mol. The molecule has 39 heavy (non-hydrogen) atoms. The van der Waals surface area contributed by atoms with Crippen LogP contribution in [-0.2, 0) is 26.2 Å². The third kappa shape index (κ3) is 7.44. The van der Waals surface area contributed by atoms with Gasteiger partial charge in [0.1, 0.15) is 18.3 Å². The molecule has 2 amide bonds. The minimum absolute atomic E-state index is 0.0220. The summed E-state index contributed by atoms with van der Waals surface area (Å²) >= 11 is 12.8. The second kappa shape index (κ2) is 13.2. The molecule has 3 aromatic rings. The van der Waals surface area contributed by atoms with E-state index in [2.05, 4.69) is 5.32 Å². The van der Waals surface area contributed by atoms with Crippen LogP contribution in [0.1, 0.15) is 26.3 Å². The van der Waals surface area contributed by atoms with Crippen LogP contribution in [-0.4, -0.2) is 50.9 Å². The van der Waals surface area contributed by atoms with Crippen LogP contribution in [0.15, 0.2) is 77.7 Å². The molecule has 0 aliphatic heterocycles. The van der Waals surface area contributed by atoms with Crippen LogP contribution in [0.5, 0.6) is 5.75 Å². The van der Waals surface area contributed by atoms with Gasteiger partial charge in [0, 0.05) is 28.2 Å². The Morgan fingerprint density at radius 1 is 0.897 bits per heavy atom. The second-order valence-corrected chi connectivity index (χ2v) is 11.8. The standard InChI is InChI=1S/C28H31Cl2N3O5S/c1-19(2)31-28(35)20(3)32(17-24-25(29)11-8-12-26(24)30)27(34)18-33(21-9-6-5-7-10-21)39(36,37)23-15-13-22(38-4)14-16-23/h5-16,19-20H,17-18H2,1-4H3,(H,31,35)/t20-/m1/s1. The monoisotopic (exact) mass is 591 g/mol. The Bertz CT molecular complexity index is 1380. The van der Waals surface area contributed by atoms with E-state index in [1.165, 1.54) is 36.3 Å². The van der Waals surface area contributed by atoms with Gasteiger partial charge in [0.15, 0.2) is 0 Å². The first-order valence-electron chi connectivity index (χ1n) is 12.2. The highest BCUT2D eigenvalue weighted by atomic mass is 35.5. The van der Waals surface area contributed by atoms with Gasteiger partial charge in [-0.05, 0) is 69.3 Å². The highest BCUT2D eigenvalue weighted by Crippen LogP contribution is 2.28. The summed E-state index contributed by atoms with van der Waals surface area (Å²) in [6, 6.07) is 18.0. The molecular weight excluding hydrogens is 561 g/mol. The van der Waals surface area contributed by atoms with Crippen molar-refractivity contribution in [1.82, 2.24) is 10.2 Å². The molecular formula is C28H31Cl2N3O5S. The maximum Gasteiger partial charge on any atom is 0.264 e. The summed E-state index contributed by atoms with van der Waals surface area (Å²) in [7, 11) is -2.70. The number of anilines is 1. The zero-order valence-corrected chi connectivity index (χ0v) is 24.4. The van der Waals surface area contributed by atoms with Crippen LogP contribution in [0.3, 0.4) is 0 Å². The number of nitrogens with zero attached hydrogens (tertiary/aromatic N) is 2. The van der Waals surface area contributed by atoms with E-state index in [0.29, 0.717) is 21.4 Å². The second-order valence-electron chi connectivity index (χ2n) is 9.08. The highest BCUT2D eigenvalue weighted by Gasteiger charge is 2.33. The van der Waals surface area contributed by atoms with E-state index in [0.717, 1.165) is 4.31 Å². The van der Waals surface area contributed by atoms with E-state index in [1.54, 1.807) is 69.3 Å². The van der Waals surface area contributed by atoms with Crippen LogP contribution >= 0.6 is 23.2 Å². The van der Waals surface area contributed by atoms with Crippen LogP contribution in [0.25, 0.3) is 0 Å². The van der Waals surface area contributed by atoms with Gasteiger partial charge in [-0.25, -0.2) is 8.42 Å². The van der Waals surface area contributed by atoms with Gasteiger partial charge in [0.25, 0.3) is 10.0 Å². The molecule has 8 nitrogen and oxygen atoms in total. The maximum atomic E-state index is 13.9. The van der Waals surface area contributed by atoms with E-state index < -0.39 is 34.4 Å². The highest BCUT2D eigenvalue weighted by molar-refractivity contribution is 7.92. The van der Waals surface area contributed by atoms with Crippen molar-refractivity contribution in [2.45, 2.75) is 44.3 Å². The number of halogens is 2. The fourth-order valence-electron chi connectivity index (χ4n) is 3.84. The van der Waals surface area contributed by atoms with Gasteiger partial charge in [-0.15, -0.1) is 0 Å². The predicted octanol–water partition coefficient (Wildman–Crippen LogP) is 5.14. The van der Waals surface area contributed by atoms with E-state index in [4.69, 9.17) is 27.9 Å². The van der Waals surface area contributed by atoms with E-state index in [-0.39, 0.29) is 23.2 Å². The topological polar surface area (TPSA) is 96.0 Å². The first kappa shape index (κ1) is 30.3. The molecule has 0 saturated carbocycles. The van der Waals surface area contributed by atoms with Crippen LogP contribution < -0.4 is 14.4 Å². The number of nitrogens with one attached hydrogen (secondary N) is 1. The molecule has 0 aliphatic carbocycles.